The van der Waals surface area contributed by atoms with Crippen molar-refractivity contribution < 1.29 is 9.53 Å². The van der Waals surface area contributed by atoms with Gasteiger partial charge in [-0.1, -0.05) is 0 Å². The highest BCUT2D eigenvalue weighted by atomic mass is 16.5. The molecule has 86 valence electrons. The summed E-state index contributed by atoms with van der Waals surface area (Å²) in [5, 5.41) is 2.58. The van der Waals surface area contributed by atoms with E-state index in [1.807, 2.05) is 0 Å². The standard InChI is InChI=1S/C11H15N3O2/c1-13-11(15)10-8(6-12)14-5-4-9(10)16-7-2-3-7/h4-5,7H,2-3,6,12H2,1H3,(H,13,15). The number of nitrogens with two attached hydrogens (primary N) is 1. The molecule has 1 aliphatic carbocycles. The second-order valence-electron chi connectivity index (χ2n) is 3.73. The van der Waals surface area contributed by atoms with Crippen molar-refractivity contribution in [1.82, 2.24) is 10.3 Å². The van der Waals surface area contributed by atoms with Crippen molar-refractivity contribution in [2.45, 2.75) is 25.5 Å². The van der Waals surface area contributed by atoms with E-state index in [1.165, 1.54) is 0 Å². The van der Waals surface area contributed by atoms with Crippen LogP contribution in [0.5, 0.6) is 5.75 Å². The molecule has 1 amide bonds. The van der Waals surface area contributed by atoms with Crippen LogP contribution in [0.2, 0.25) is 0 Å². The lowest BCUT2D eigenvalue weighted by Gasteiger charge is -2.12. The fraction of sp³-hybridized carbons (Fsp3) is 0.455. The van der Waals surface area contributed by atoms with Crippen molar-refractivity contribution in [3.63, 3.8) is 0 Å². The number of hydrogen-bond acceptors (Lipinski definition) is 4. The van der Waals surface area contributed by atoms with Crippen LogP contribution < -0.4 is 15.8 Å². The normalized spacial score (nSPS) is 14.6. The van der Waals surface area contributed by atoms with Crippen LogP contribution in [-0.2, 0) is 6.54 Å². The van der Waals surface area contributed by atoms with Crippen molar-refractivity contribution in [3.8, 4) is 5.75 Å². The molecule has 1 aromatic rings. The Morgan fingerprint density at radius 2 is 2.44 bits per heavy atom. The highest BCUT2D eigenvalue weighted by Gasteiger charge is 2.26. The minimum Gasteiger partial charge on any atom is -0.489 e. The smallest absolute Gasteiger partial charge is 0.256 e. The van der Waals surface area contributed by atoms with Gasteiger partial charge in [-0.05, 0) is 18.9 Å². The zero-order valence-electron chi connectivity index (χ0n) is 9.19. The molecule has 1 aromatic heterocycles. The van der Waals surface area contributed by atoms with Crippen molar-refractivity contribution in [2.24, 2.45) is 5.73 Å². The van der Waals surface area contributed by atoms with E-state index in [9.17, 15) is 4.79 Å². The number of amides is 1. The monoisotopic (exact) mass is 221 g/mol. The number of rotatable bonds is 4. The van der Waals surface area contributed by atoms with E-state index in [-0.39, 0.29) is 18.6 Å². The van der Waals surface area contributed by atoms with Gasteiger partial charge in [0.05, 0.1) is 11.8 Å². The summed E-state index contributed by atoms with van der Waals surface area (Å²) < 4.78 is 5.67. The summed E-state index contributed by atoms with van der Waals surface area (Å²) in [4.78, 5) is 15.8. The maximum Gasteiger partial charge on any atom is 0.256 e. The molecule has 5 heteroatoms. The molecule has 0 spiro atoms. The first-order chi connectivity index (χ1) is 7.76. The van der Waals surface area contributed by atoms with E-state index in [1.54, 1.807) is 19.3 Å². The lowest BCUT2D eigenvalue weighted by Crippen LogP contribution is -2.22. The van der Waals surface area contributed by atoms with E-state index >= 15 is 0 Å². The summed E-state index contributed by atoms with van der Waals surface area (Å²) in [7, 11) is 1.58. The molecule has 1 aliphatic rings. The molecule has 0 bridgehead atoms. The third-order valence-electron chi connectivity index (χ3n) is 2.46. The zero-order chi connectivity index (χ0) is 11.5. The Morgan fingerprint density at radius 3 is 3.00 bits per heavy atom. The van der Waals surface area contributed by atoms with Crippen LogP contribution in [-0.4, -0.2) is 24.0 Å². The number of carbonyl (C=O) groups excluding carboxylic acids is 1. The maximum atomic E-state index is 11.7. The molecule has 3 N–H and O–H groups in total. The largest absolute Gasteiger partial charge is 0.489 e. The fourth-order valence-corrected chi connectivity index (χ4v) is 1.47. The van der Waals surface area contributed by atoms with E-state index in [2.05, 4.69) is 10.3 Å². The van der Waals surface area contributed by atoms with Gasteiger partial charge in [-0.15, -0.1) is 0 Å². The lowest BCUT2D eigenvalue weighted by atomic mass is 10.1. The lowest BCUT2D eigenvalue weighted by molar-refractivity contribution is 0.0957. The Morgan fingerprint density at radius 1 is 1.69 bits per heavy atom. The van der Waals surface area contributed by atoms with Crippen molar-refractivity contribution in [2.75, 3.05) is 7.05 Å². The van der Waals surface area contributed by atoms with Crippen LogP contribution in [0.3, 0.4) is 0 Å². The van der Waals surface area contributed by atoms with Gasteiger partial charge in [0.2, 0.25) is 0 Å². The average Bonchev–Trinajstić information content (AvgIpc) is 3.11. The predicted molar refractivity (Wildman–Crippen MR) is 59.2 cm³/mol. The van der Waals surface area contributed by atoms with E-state index < -0.39 is 0 Å². The Kier molecular flexibility index (Phi) is 3.05. The first-order valence-electron chi connectivity index (χ1n) is 5.33. The summed E-state index contributed by atoms with van der Waals surface area (Å²) in [6.45, 7) is 0.227. The number of hydrogen-bond donors (Lipinski definition) is 2. The van der Waals surface area contributed by atoms with Crippen LogP contribution in [0.1, 0.15) is 28.9 Å². The number of aromatic nitrogens is 1. The molecule has 0 radical (unpaired) electrons. The quantitative estimate of drug-likeness (QED) is 0.773. The third-order valence-corrected chi connectivity index (χ3v) is 2.46. The minimum atomic E-state index is -0.204. The fourth-order valence-electron chi connectivity index (χ4n) is 1.47. The molecular weight excluding hydrogens is 206 g/mol. The molecule has 1 heterocycles. The first-order valence-corrected chi connectivity index (χ1v) is 5.33. The molecule has 0 atom stereocenters. The molecular formula is C11H15N3O2. The molecule has 0 unspecified atom stereocenters. The van der Waals surface area contributed by atoms with Gasteiger partial charge in [-0.25, -0.2) is 0 Å². The Hall–Kier alpha value is -1.62. The summed E-state index contributed by atoms with van der Waals surface area (Å²) in [5.74, 6) is 0.376. The van der Waals surface area contributed by atoms with Gasteiger partial charge in [0.15, 0.2) is 0 Å². The predicted octanol–water partition coefficient (Wildman–Crippen LogP) is 0.441. The highest BCUT2D eigenvalue weighted by molar-refractivity contribution is 5.97. The summed E-state index contributed by atoms with van der Waals surface area (Å²) in [6, 6.07) is 1.71. The molecule has 1 fully saturated rings. The van der Waals surface area contributed by atoms with Gasteiger partial charge >= 0.3 is 0 Å². The number of ether oxygens (including phenoxy) is 1. The van der Waals surface area contributed by atoms with Gasteiger partial charge in [0, 0.05) is 19.8 Å². The zero-order valence-corrected chi connectivity index (χ0v) is 9.19. The molecule has 16 heavy (non-hydrogen) atoms. The molecule has 1 saturated carbocycles. The molecule has 0 aliphatic heterocycles. The van der Waals surface area contributed by atoms with Gasteiger partial charge in [0.25, 0.3) is 5.91 Å². The van der Waals surface area contributed by atoms with Crippen molar-refractivity contribution in [1.29, 1.82) is 0 Å². The van der Waals surface area contributed by atoms with E-state index in [0.29, 0.717) is 17.0 Å². The first kappa shape index (κ1) is 10.9. The Balaban J connectivity index is 2.36. The number of nitrogens with zero attached hydrogens (tertiary/aromatic N) is 1. The number of nitrogens with one attached hydrogen (secondary N) is 1. The molecule has 0 aromatic carbocycles. The molecule has 5 nitrogen and oxygen atoms in total. The maximum absolute atomic E-state index is 11.7. The summed E-state index contributed by atoms with van der Waals surface area (Å²) >= 11 is 0. The topological polar surface area (TPSA) is 77.2 Å². The minimum absolute atomic E-state index is 0.204. The van der Waals surface area contributed by atoms with Crippen LogP contribution in [0, 0.1) is 0 Å². The van der Waals surface area contributed by atoms with Crippen LogP contribution in [0.25, 0.3) is 0 Å². The van der Waals surface area contributed by atoms with Gasteiger partial charge in [-0.3, -0.25) is 9.78 Å². The third kappa shape index (κ3) is 2.14. The van der Waals surface area contributed by atoms with Crippen LogP contribution >= 0.6 is 0 Å². The van der Waals surface area contributed by atoms with Gasteiger partial charge in [0.1, 0.15) is 11.3 Å². The van der Waals surface area contributed by atoms with Crippen molar-refractivity contribution in [3.05, 3.63) is 23.5 Å². The van der Waals surface area contributed by atoms with Gasteiger partial charge in [-0.2, -0.15) is 0 Å². The van der Waals surface area contributed by atoms with E-state index in [0.717, 1.165) is 12.8 Å². The number of carbonyl (C=O) groups is 1. The van der Waals surface area contributed by atoms with Crippen LogP contribution in [0.4, 0.5) is 0 Å². The Labute approximate surface area is 94.0 Å². The second-order valence-corrected chi connectivity index (χ2v) is 3.73. The molecule has 2 rings (SSSR count). The molecule has 0 saturated heterocycles. The average molecular weight is 221 g/mol. The SMILES string of the molecule is CNC(=O)c1c(OC2CC2)ccnc1CN. The highest BCUT2D eigenvalue weighted by Crippen LogP contribution is 2.29. The van der Waals surface area contributed by atoms with Crippen molar-refractivity contribution >= 4 is 5.91 Å². The number of pyridine rings is 1. The van der Waals surface area contributed by atoms with Gasteiger partial charge < -0.3 is 15.8 Å². The summed E-state index contributed by atoms with van der Waals surface area (Å²) in [6.07, 6.45) is 3.96. The second kappa shape index (κ2) is 4.49. The Bertz CT molecular complexity index is 402. The van der Waals surface area contributed by atoms with Crippen LogP contribution in [0.15, 0.2) is 12.3 Å². The summed E-state index contributed by atoms with van der Waals surface area (Å²) in [5.41, 5.74) is 6.59. The van der Waals surface area contributed by atoms with E-state index in [4.69, 9.17) is 10.5 Å².